The molecule has 2 N–H and O–H groups in total. The zero-order valence-electron chi connectivity index (χ0n) is 11.0. The zero-order chi connectivity index (χ0) is 16.3. The SMILES string of the molecule is CC(CCC(=O)O)NS(=O)(=O)c1ccc(C(F)(F)F)cc1. The first kappa shape index (κ1) is 17.4. The second-order valence-corrected chi connectivity index (χ2v) is 6.19. The molecule has 0 radical (unpaired) electrons. The van der Waals surface area contributed by atoms with E-state index in [4.69, 9.17) is 5.11 Å². The molecular weight excluding hydrogens is 311 g/mol. The summed E-state index contributed by atoms with van der Waals surface area (Å²) in [5.74, 6) is -1.06. The van der Waals surface area contributed by atoms with Crippen LogP contribution in [-0.4, -0.2) is 25.5 Å². The normalized spacial score (nSPS) is 13.9. The van der Waals surface area contributed by atoms with E-state index in [1.807, 2.05) is 0 Å². The van der Waals surface area contributed by atoms with E-state index < -0.39 is 33.8 Å². The molecule has 5 nitrogen and oxygen atoms in total. The molecule has 0 aliphatic heterocycles. The van der Waals surface area contributed by atoms with Crippen LogP contribution >= 0.6 is 0 Å². The van der Waals surface area contributed by atoms with Gasteiger partial charge in [0.2, 0.25) is 10.0 Å². The number of halogens is 3. The zero-order valence-corrected chi connectivity index (χ0v) is 11.8. The molecule has 0 aliphatic carbocycles. The van der Waals surface area contributed by atoms with E-state index in [-0.39, 0.29) is 17.7 Å². The lowest BCUT2D eigenvalue weighted by Crippen LogP contribution is -2.33. The molecule has 1 unspecified atom stereocenters. The number of sulfonamides is 1. The monoisotopic (exact) mass is 325 g/mol. The largest absolute Gasteiger partial charge is 0.481 e. The van der Waals surface area contributed by atoms with Gasteiger partial charge in [0, 0.05) is 12.5 Å². The van der Waals surface area contributed by atoms with Crippen LogP contribution in [0.3, 0.4) is 0 Å². The summed E-state index contributed by atoms with van der Waals surface area (Å²) < 4.78 is 63.2. The van der Waals surface area contributed by atoms with Gasteiger partial charge in [-0.05, 0) is 37.6 Å². The van der Waals surface area contributed by atoms with Gasteiger partial charge in [-0.1, -0.05) is 0 Å². The van der Waals surface area contributed by atoms with Crippen LogP contribution < -0.4 is 4.72 Å². The first-order valence-corrected chi connectivity index (χ1v) is 7.42. The number of nitrogens with one attached hydrogen (secondary N) is 1. The van der Waals surface area contributed by atoms with Gasteiger partial charge in [0.15, 0.2) is 0 Å². The van der Waals surface area contributed by atoms with Crippen molar-refractivity contribution in [3.63, 3.8) is 0 Å². The Morgan fingerprint density at radius 1 is 1.29 bits per heavy atom. The van der Waals surface area contributed by atoms with E-state index in [2.05, 4.69) is 4.72 Å². The highest BCUT2D eigenvalue weighted by Gasteiger charge is 2.30. The molecule has 21 heavy (non-hydrogen) atoms. The lowest BCUT2D eigenvalue weighted by atomic mass is 10.2. The van der Waals surface area contributed by atoms with Crippen molar-refractivity contribution in [1.82, 2.24) is 4.72 Å². The fourth-order valence-corrected chi connectivity index (χ4v) is 2.83. The fraction of sp³-hybridized carbons (Fsp3) is 0.417. The van der Waals surface area contributed by atoms with Gasteiger partial charge in [0.25, 0.3) is 0 Å². The number of carboxylic acid groups (broad SMARTS) is 1. The summed E-state index contributed by atoms with van der Waals surface area (Å²) in [6.07, 6.45) is -4.67. The van der Waals surface area contributed by atoms with Crippen molar-refractivity contribution in [3.8, 4) is 0 Å². The van der Waals surface area contributed by atoms with Crippen molar-refractivity contribution in [2.75, 3.05) is 0 Å². The maximum absolute atomic E-state index is 12.4. The summed E-state index contributed by atoms with van der Waals surface area (Å²) >= 11 is 0. The van der Waals surface area contributed by atoms with Crippen molar-refractivity contribution in [2.45, 2.75) is 36.9 Å². The number of rotatable bonds is 6. The van der Waals surface area contributed by atoms with E-state index >= 15 is 0 Å². The third-order valence-electron chi connectivity index (χ3n) is 2.64. The lowest BCUT2D eigenvalue weighted by molar-refractivity contribution is -0.138. The van der Waals surface area contributed by atoms with Gasteiger partial charge in [-0.25, -0.2) is 13.1 Å². The van der Waals surface area contributed by atoms with E-state index in [9.17, 15) is 26.4 Å². The van der Waals surface area contributed by atoms with Gasteiger partial charge in [0.1, 0.15) is 0 Å². The number of hydrogen-bond acceptors (Lipinski definition) is 3. The minimum Gasteiger partial charge on any atom is -0.481 e. The minimum absolute atomic E-state index is 0.0786. The molecule has 1 aromatic rings. The quantitative estimate of drug-likeness (QED) is 0.840. The van der Waals surface area contributed by atoms with Crippen molar-refractivity contribution >= 4 is 16.0 Å². The average Bonchev–Trinajstić information content (AvgIpc) is 2.35. The Labute approximate surface area is 119 Å². The second-order valence-electron chi connectivity index (χ2n) is 4.48. The predicted molar refractivity (Wildman–Crippen MR) is 68.1 cm³/mol. The number of carbonyl (C=O) groups is 1. The molecule has 0 fully saturated rings. The van der Waals surface area contributed by atoms with Crippen LogP contribution in [0.5, 0.6) is 0 Å². The molecule has 0 aliphatic rings. The number of carboxylic acids is 1. The van der Waals surface area contributed by atoms with Gasteiger partial charge >= 0.3 is 12.1 Å². The van der Waals surface area contributed by atoms with Crippen LogP contribution in [0, 0.1) is 0 Å². The highest BCUT2D eigenvalue weighted by molar-refractivity contribution is 7.89. The first-order valence-electron chi connectivity index (χ1n) is 5.94. The molecule has 0 heterocycles. The summed E-state index contributed by atoms with van der Waals surface area (Å²) in [6, 6.07) is 2.42. The molecule has 1 aromatic carbocycles. The van der Waals surface area contributed by atoms with Crippen molar-refractivity contribution < 1.29 is 31.5 Å². The highest BCUT2D eigenvalue weighted by atomic mass is 32.2. The van der Waals surface area contributed by atoms with Gasteiger partial charge < -0.3 is 5.11 Å². The average molecular weight is 325 g/mol. The van der Waals surface area contributed by atoms with E-state index in [0.29, 0.717) is 12.1 Å². The Kier molecular flexibility index (Phi) is 5.35. The lowest BCUT2D eigenvalue weighted by Gasteiger charge is -2.14. The fourth-order valence-electron chi connectivity index (χ4n) is 1.55. The maximum Gasteiger partial charge on any atom is 0.416 e. The van der Waals surface area contributed by atoms with Gasteiger partial charge in [0.05, 0.1) is 10.5 Å². The van der Waals surface area contributed by atoms with Crippen LogP contribution in [0.4, 0.5) is 13.2 Å². The molecule has 0 spiro atoms. The molecule has 0 bridgehead atoms. The summed E-state index contributed by atoms with van der Waals surface area (Å²) in [5, 5.41) is 8.50. The number of aliphatic carboxylic acids is 1. The Morgan fingerprint density at radius 2 is 1.81 bits per heavy atom. The summed E-state index contributed by atoms with van der Waals surface area (Å²) in [7, 11) is -3.98. The Bertz CT molecular complexity index is 596. The molecule has 9 heteroatoms. The van der Waals surface area contributed by atoms with Crippen LogP contribution in [0.1, 0.15) is 25.3 Å². The van der Waals surface area contributed by atoms with Crippen LogP contribution in [-0.2, 0) is 21.0 Å². The minimum atomic E-state index is -4.54. The molecule has 118 valence electrons. The van der Waals surface area contributed by atoms with Crippen LogP contribution in [0.15, 0.2) is 29.2 Å². The first-order chi connectivity index (χ1) is 9.52. The van der Waals surface area contributed by atoms with Crippen molar-refractivity contribution in [3.05, 3.63) is 29.8 Å². The van der Waals surface area contributed by atoms with Gasteiger partial charge in [-0.2, -0.15) is 13.2 Å². The molecule has 0 amide bonds. The highest BCUT2D eigenvalue weighted by Crippen LogP contribution is 2.29. The van der Waals surface area contributed by atoms with Gasteiger partial charge in [-0.3, -0.25) is 4.79 Å². The van der Waals surface area contributed by atoms with Crippen molar-refractivity contribution in [1.29, 1.82) is 0 Å². The molecule has 1 rings (SSSR count). The summed E-state index contributed by atoms with van der Waals surface area (Å²) in [5.41, 5.74) is -0.944. The van der Waals surface area contributed by atoms with Crippen LogP contribution in [0.2, 0.25) is 0 Å². The Morgan fingerprint density at radius 3 is 2.24 bits per heavy atom. The maximum atomic E-state index is 12.4. The van der Waals surface area contributed by atoms with Crippen molar-refractivity contribution in [2.24, 2.45) is 0 Å². The van der Waals surface area contributed by atoms with E-state index in [1.165, 1.54) is 6.92 Å². The predicted octanol–water partition coefficient (Wildman–Crippen LogP) is 2.24. The number of alkyl halides is 3. The second kappa shape index (κ2) is 6.44. The number of hydrogen-bond donors (Lipinski definition) is 2. The van der Waals surface area contributed by atoms with E-state index in [1.54, 1.807) is 0 Å². The number of benzene rings is 1. The van der Waals surface area contributed by atoms with E-state index in [0.717, 1.165) is 12.1 Å². The summed E-state index contributed by atoms with van der Waals surface area (Å²) in [4.78, 5) is 10.1. The smallest absolute Gasteiger partial charge is 0.416 e. The molecular formula is C12H14F3NO4S. The Balaban J connectivity index is 2.81. The standard InChI is InChI=1S/C12H14F3NO4S/c1-8(2-7-11(17)18)16-21(19,20)10-5-3-9(4-6-10)12(13,14)15/h3-6,8,16H,2,7H2,1H3,(H,17,18). The van der Waals surface area contributed by atoms with Gasteiger partial charge in [-0.15, -0.1) is 0 Å². The van der Waals surface area contributed by atoms with Crippen LogP contribution in [0.25, 0.3) is 0 Å². The topological polar surface area (TPSA) is 83.5 Å². The molecule has 0 aromatic heterocycles. The third-order valence-corrected chi connectivity index (χ3v) is 4.24. The third kappa shape index (κ3) is 5.35. The molecule has 0 saturated heterocycles. The summed E-state index contributed by atoms with van der Waals surface area (Å²) in [6.45, 7) is 1.48. The molecule has 1 atom stereocenters. The molecule has 0 saturated carbocycles. The Hall–Kier alpha value is -1.61.